The van der Waals surface area contributed by atoms with E-state index < -0.39 is 22.2 Å². The van der Waals surface area contributed by atoms with Crippen molar-refractivity contribution in [1.82, 2.24) is 19.0 Å². The summed E-state index contributed by atoms with van der Waals surface area (Å²) in [7, 11) is -0.722. The maximum absolute atomic E-state index is 12.4. The fourth-order valence-corrected chi connectivity index (χ4v) is 4.16. The largest absolute Gasteiger partial charge is 0.481 e. The van der Waals surface area contributed by atoms with Crippen molar-refractivity contribution < 1.29 is 18.3 Å². The summed E-state index contributed by atoms with van der Waals surface area (Å²) in [6, 6.07) is 13.7. The van der Waals surface area contributed by atoms with Gasteiger partial charge in [0.05, 0.1) is 17.9 Å². The number of hydrogen-bond acceptors (Lipinski definition) is 4. The van der Waals surface area contributed by atoms with E-state index >= 15 is 0 Å². The molecule has 1 aromatic heterocycles. The highest BCUT2D eigenvalue weighted by Gasteiger charge is 2.23. The number of imidazole rings is 1. The lowest BCUT2D eigenvalue weighted by Crippen LogP contribution is -2.38. The van der Waals surface area contributed by atoms with Crippen molar-refractivity contribution in [2.75, 3.05) is 14.1 Å². The van der Waals surface area contributed by atoms with Gasteiger partial charge < -0.3 is 10.1 Å². The summed E-state index contributed by atoms with van der Waals surface area (Å²) in [4.78, 5) is 18.4. The molecular formula is C22H28N4O4S. The number of carboxylic acids is 1. The molecule has 0 unspecified atom stereocenters. The van der Waals surface area contributed by atoms with Crippen LogP contribution in [0.5, 0.6) is 0 Å². The molecule has 1 atom stereocenters. The van der Waals surface area contributed by atoms with Crippen LogP contribution in [0, 0.1) is 0 Å². The molecule has 0 spiro atoms. The zero-order valence-corrected chi connectivity index (χ0v) is 18.5. The van der Waals surface area contributed by atoms with Gasteiger partial charge in [-0.05, 0) is 29.7 Å². The molecule has 0 aliphatic carbocycles. The quantitative estimate of drug-likeness (QED) is 0.390. The van der Waals surface area contributed by atoms with Gasteiger partial charge in [0.25, 0.3) is 10.2 Å². The Morgan fingerprint density at radius 3 is 2.58 bits per heavy atom. The summed E-state index contributed by atoms with van der Waals surface area (Å²) in [5, 5.41) is 11.0. The Labute approximate surface area is 182 Å². The Kier molecular flexibility index (Phi) is 7.42. The molecule has 3 N–H and O–H groups in total. The maximum atomic E-state index is 12.4. The van der Waals surface area contributed by atoms with E-state index in [1.807, 2.05) is 36.4 Å². The zero-order valence-electron chi connectivity index (χ0n) is 17.7. The number of H-pyrrole nitrogens is 1. The third kappa shape index (κ3) is 6.13. The molecule has 0 saturated heterocycles. The second-order valence-corrected chi connectivity index (χ2v) is 9.61. The molecule has 8 nitrogen and oxygen atoms in total. The van der Waals surface area contributed by atoms with Gasteiger partial charge in [0, 0.05) is 26.1 Å². The van der Waals surface area contributed by atoms with Crippen LogP contribution in [-0.4, -0.2) is 47.9 Å². The van der Waals surface area contributed by atoms with Crippen molar-refractivity contribution in [3.8, 4) is 11.3 Å². The third-order valence-electron chi connectivity index (χ3n) is 5.14. The number of aromatic nitrogens is 2. The molecule has 0 radical (unpaired) electrons. The second kappa shape index (κ2) is 10.0. The summed E-state index contributed by atoms with van der Waals surface area (Å²) in [6.45, 7) is 0. The minimum Gasteiger partial charge on any atom is -0.481 e. The summed E-state index contributed by atoms with van der Waals surface area (Å²) in [6.07, 6.45) is 4.27. The standard InChI is InChI=1S/C22H28N4O4S/c1-26(2)31(29,30)25-19(10-4-3-5-11-21(27)28)22-23-15-20(24-22)18-13-12-16-8-6-7-9-17(16)14-18/h6-9,12-15,19,25H,3-5,10-11H2,1-2H3,(H,23,24)(H,27,28)/t19-/m0/s1. The number of carboxylic acid groups (broad SMARTS) is 1. The van der Waals surface area contributed by atoms with Crippen LogP contribution in [0.15, 0.2) is 48.7 Å². The van der Waals surface area contributed by atoms with Crippen LogP contribution < -0.4 is 4.72 Å². The van der Waals surface area contributed by atoms with Crippen LogP contribution >= 0.6 is 0 Å². The normalized spacial score (nSPS) is 13.0. The Morgan fingerprint density at radius 1 is 1.13 bits per heavy atom. The molecule has 9 heteroatoms. The summed E-state index contributed by atoms with van der Waals surface area (Å²) < 4.78 is 28.6. The van der Waals surface area contributed by atoms with Gasteiger partial charge in [0.2, 0.25) is 0 Å². The number of benzene rings is 2. The first-order valence-corrected chi connectivity index (χ1v) is 11.7. The number of aromatic amines is 1. The highest BCUT2D eigenvalue weighted by Crippen LogP contribution is 2.26. The van der Waals surface area contributed by atoms with E-state index in [0.29, 0.717) is 31.5 Å². The average Bonchev–Trinajstić information content (AvgIpc) is 3.22. The molecule has 0 aliphatic heterocycles. The number of fused-ring (bicyclic) bond motifs is 1. The monoisotopic (exact) mass is 444 g/mol. The molecule has 0 amide bonds. The lowest BCUT2D eigenvalue weighted by atomic mass is 10.1. The molecule has 1 heterocycles. The van der Waals surface area contributed by atoms with Crippen molar-refractivity contribution in [2.45, 2.75) is 38.1 Å². The fourth-order valence-electron chi connectivity index (χ4n) is 3.36. The van der Waals surface area contributed by atoms with E-state index in [9.17, 15) is 13.2 Å². The minimum atomic E-state index is -3.66. The molecule has 31 heavy (non-hydrogen) atoms. The number of aliphatic carboxylic acids is 1. The van der Waals surface area contributed by atoms with Crippen LogP contribution in [0.3, 0.4) is 0 Å². The van der Waals surface area contributed by atoms with Gasteiger partial charge in [0.15, 0.2) is 0 Å². The molecule has 0 saturated carbocycles. The molecule has 2 aromatic carbocycles. The van der Waals surface area contributed by atoms with E-state index in [1.165, 1.54) is 14.1 Å². The lowest BCUT2D eigenvalue weighted by molar-refractivity contribution is -0.137. The fraction of sp³-hybridized carbons (Fsp3) is 0.364. The maximum Gasteiger partial charge on any atom is 0.303 e. The lowest BCUT2D eigenvalue weighted by Gasteiger charge is -2.20. The van der Waals surface area contributed by atoms with Gasteiger partial charge in [-0.15, -0.1) is 0 Å². The average molecular weight is 445 g/mol. The van der Waals surface area contributed by atoms with E-state index in [4.69, 9.17) is 5.11 Å². The van der Waals surface area contributed by atoms with Crippen LogP contribution in [-0.2, 0) is 15.0 Å². The smallest absolute Gasteiger partial charge is 0.303 e. The first kappa shape index (κ1) is 22.9. The second-order valence-electron chi connectivity index (χ2n) is 7.69. The number of carbonyl (C=O) groups is 1. The van der Waals surface area contributed by atoms with Gasteiger partial charge in [-0.25, -0.2) is 4.98 Å². The van der Waals surface area contributed by atoms with Gasteiger partial charge in [0.1, 0.15) is 5.82 Å². The first-order chi connectivity index (χ1) is 14.8. The number of unbranched alkanes of at least 4 members (excludes halogenated alkanes) is 2. The van der Waals surface area contributed by atoms with Crippen molar-refractivity contribution in [3.63, 3.8) is 0 Å². The van der Waals surface area contributed by atoms with Gasteiger partial charge in [-0.2, -0.15) is 17.4 Å². The first-order valence-electron chi connectivity index (χ1n) is 10.2. The predicted octanol–water partition coefficient (Wildman–Crippen LogP) is 3.70. The minimum absolute atomic E-state index is 0.112. The number of nitrogens with one attached hydrogen (secondary N) is 2. The Balaban J connectivity index is 1.79. The van der Waals surface area contributed by atoms with Crippen LogP contribution in [0.25, 0.3) is 22.0 Å². The van der Waals surface area contributed by atoms with Crippen molar-refractivity contribution in [1.29, 1.82) is 0 Å². The molecule has 3 aromatic rings. The molecule has 166 valence electrons. The van der Waals surface area contributed by atoms with E-state index in [2.05, 4.69) is 20.8 Å². The van der Waals surface area contributed by atoms with Crippen molar-refractivity contribution in [2.24, 2.45) is 0 Å². The van der Waals surface area contributed by atoms with E-state index in [1.54, 1.807) is 6.20 Å². The van der Waals surface area contributed by atoms with Gasteiger partial charge in [-0.3, -0.25) is 4.79 Å². The topological polar surface area (TPSA) is 115 Å². The molecule has 0 bridgehead atoms. The van der Waals surface area contributed by atoms with E-state index in [0.717, 1.165) is 26.3 Å². The highest BCUT2D eigenvalue weighted by molar-refractivity contribution is 7.87. The number of hydrogen-bond donors (Lipinski definition) is 3. The van der Waals surface area contributed by atoms with Crippen molar-refractivity contribution in [3.05, 3.63) is 54.5 Å². The van der Waals surface area contributed by atoms with Crippen molar-refractivity contribution >= 4 is 27.0 Å². The third-order valence-corrected chi connectivity index (χ3v) is 6.69. The van der Waals surface area contributed by atoms with Crippen LogP contribution in [0.1, 0.15) is 44.0 Å². The van der Waals surface area contributed by atoms with Gasteiger partial charge >= 0.3 is 5.97 Å². The van der Waals surface area contributed by atoms with Crippen LogP contribution in [0.4, 0.5) is 0 Å². The summed E-state index contributed by atoms with van der Waals surface area (Å²) in [5.74, 6) is -0.289. The summed E-state index contributed by atoms with van der Waals surface area (Å²) >= 11 is 0. The molecular weight excluding hydrogens is 416 g/mol. The molecule has 0 aliphatic rings. The number of rotatable bonds is 11. The predicted molar refractivity (Wildman–Crippen MR) is 121 cm³/mol. The molecule has 3 rings (SSSR count). The Hall–Kier alpha value is -2.75. The Bertz CT molecular complexity index is 1140. The van der Waals surface area contributed by atoms with Crippen LogP contribution in [0.2, 0.25) is 0 Å². The Morgan fingerprint density at radius 2 is 1.87 bits per heavy atom. The number of nitrogens with zero attached hydrogens (tertiary/aromatic N) is 2. The highest BCUT2D eigenvalue weighted by atomic mass is 32.2. The zero-order chi connectivity index (χ0) is 22.4. The van der Waals surface area contributed by atoms with E-state index in [-0.39, 0.29) is 6.42 Å². The van der Waals surface area contributed by atoms with Gasteiger partial charge in [-0.1, -0.05) is 49.2 Å². The molecule has 0 fully saturated rings. The SMILES string of the molecule is CN(C)S(=O)(=O)N[C@@H](CCCCCC(=O)O)c1ncc(-c2ccc3ccccc3c2)[nH]1. The summed E-state index contributed by atoms with van der Waals surface area (Å²) in [5.41, 5.74) is 1.77.